The normalized spacial score (nSPS) is 8.57. The molecule has 1 amide bonds. The first-order chi connectivity index (χ1) is 6.20. The molecule has 0 radical (unpaired) electrons. The molecule has 0 spiro atoms. The maximum absolute atomic E-state index is 11.1. The number of rotatable bonds is 3. The van der Waals surface area contributed by atoms with Crippen molar-refractivity contribution in [2.45, 2.75) is 0 Å². The zero-order valence-electron chi connectivity index (χ0n) is 7.82. The van der Waals surface area contributed by atoms with Crippen LogP contribution in [0.2, 0.25) is 0 Å². The number of carbonyl (C=O) groups is 2. The van der Waals surface area contributed by atoms with E-state index in [-0.39, 0.29) is 51.4 Å². The molecule has 68 valence electrons. The van der Waals surface area contributed by atoms with E-state index in [0.717, 1.165) is 0 Å². The first-order valence-electron chi connectivity index (χ1n) is 3.73. The van der Waals surface area contributed by atoms with Gasteiger partial charge in [-0.1, -0.05) is 18.2 Å². The second kappa shape index (κ2) is 7.14. The van der Waals surface area contributed by atoms with Gasteiger partial charge in [0.25, 0.3) is 5.91 Å². The second-order valence-electron chi connectivity index (χ2n) is 2.42. The smallest absolute Gasteiger partial charge is 0.548 e. The van der Waals surface area contributed by atoms with E-state index in [0.29, 0.717) is 5.56 Å². The minimum Gasteiger partial charge on any atom is -0.548 e. The summed E-state index contributed by atoms with van der Waals surface area (Å²) in [5.41, 5.74) is 0.434. The molecule has 0 fully saturated rings. The van der Waals surface area contributed by atoms with E-state index in [1.54, 1.807) is 30.3 Å². The number of hydrogen-bond acceptors (Lipinski definition) is 3. The van der Waals surface area contributed by atoms with Crippen molar-refractivity contribution in [3.63, 3.8) is 0 Å². The van der Waals surface area contributed by atoms with E-state index in [2.05, 4.69) is 5.32 Å². The SMILES string of the molecule is O=C([O-])CNC(=O)c1ccccc1.[K+]. The fourth-order valence-electron chi connectivity index (χ4n) is 0.844. The van der Waals surface area contributed by atoms with Crippen LogP contribution < -0.4 is 61.8 Å². The molecule has 1 N–H and O–H groups in total. The molecule has 0 heterocycles. The third-order valence-electron chi connectivity index (χ3n) is 1.43. The van der Waals surface area contributed by atoms with E-state index in [1.807, 2.05) is 0 Å². The van der Waals surface area contributed by atoms with Crippen LogP contribution in [0.3, 0.4) is 0 Å². The molecule has 0 aliphatic carbocycles. The molecule has 5 heteroatoms. The van der Waals surface area contributed by atoms with Crippen molar-refractivity contribution >= 4 is 11.9 Å². The van der Waals surface area contributed by atoms with Crippen molar-refractivity contribution in [2.75, 3.05) is 6.54 Å². The summed E-state index contributed by atoms with van der Waals surface area (Å²) in [6, 6.07) is 8.38. The number of nitrogens with one attached hydrogen (secondary N) is 1. The van der Waals surface area contributed by atoms with Gasteiger partial charge in [0.2, 0.25) is 0 Å². The Balaban J connectivity index is 0.00000169. The topological polar surface area (TPSA) is 69.2 Å². The predicted octanol–water partition coefficient (Wildman–Crippen LogP) is -3.83. The molecule has 1 rings (SSSR count). The van der Waals surface area contributed by atoms with Crippen LogP contribution in [0.25, 0.3) is 0 Å². The molecule has 0 saturated carbocycles. The number of amides is 1. The molecule has 14 heavy (non-hydrogen) atoms. The number of carbonyl (C=O) groups excluding carboxylic acids is 2. The van der Waals surface area contributed by atoms with E-state index in [1.165, 1.54) is 0 Å². The minimum absolute atomic E-state index is 0. The number of aliphatic carboxylic acids is 1. The Morgan fingerprint density at radius 2 is 1.79 bits per heavy atom. The second-order valence-corrected chi connectivity index (χ2v) is 2.42. The van der Waals surface area contributed by atoms with Gasteiger partial charge in [-0.15, -0.1) is 0 Å². The van der Waals surface area contributed by atoms with Gasteiger partial charge in [-0.05, 0) is 12.1 Å². The quantitative estimate of drug-likeness (QED) is 0.527. The first-order valence-corrected chi connectivity index (χ1v) is 3.73. The van der Waals surface area contributed by atoms with Crippen molar-refractivity contribution in [3.8, 4) is 0 Å². The van der Waals surface area contributed by atoms with Crippen LogP contribution in [0.4, 0.5) is 0 Å². The summed E-state index contributed by atoms with van der Waals surface area (Å²) < 4.78 is 0. The average Bonchev–Trinajstić information content (AvgIpc) is 2.15. The zero-order valence-corrected chi connectivity index (χ0v) is 10.9. The molecule has 4 nitrogen and oxygen atoms in total. The van der Waals surface area contributed by atoms with E-state index in [9.17, 15) is 14.7 Å². The van der Waals surface area contributed by atoms with Crippen LogP contribution in [0, 0.1) is 0 Å². The monoisotopic (exact) mass is 217 g/mol. The minimum atomic E-state index is -1.30. The molecule has 0 unspecified atom stereocenters. The molecular weight excluding hydrogens is 209 g/mol. The number of hydrogen-bond donors (Lipinski definition) is 1. The van der Waals surface area contributed by atoms with Crippen LogP contribution in [0.15, 0.2) is 30.3 Å². The molecule has 0 aromatic heterocycles. The van der Waals surface area contributed by atoms with Gasteiger partial charge >= 0.3 is 51.4 Å². The van der Waals surface area contributed by atoms with E-state index < -0.39 is 18.4 Å². The van der Waals surface area contributed by atoms with Crippen molar-refractivity contribution in [1.29, 1.82) is 0 Å². The Bertz CT molecular complexity index is 313. The third-order valence-corrected chi connectivity index (χ3v) is 1.43. The number of carboxylic acids is 1. The molecule has 1 aromatic carbocycles. The zero-order chi connectivity index (χ0) is 9.68. The molecule has 0 aliphatic rings. The molecule has 0 aliphatic heterocycles. The molecule has 0 atom stereocenters. The van der Waals surface area contributed by atoms with Gasteiger partial charge in [0, 0.05) is 5.56 Å². The van der Waals surface area contributed by atoms with Crippen molar-refractivity contribution in [1.82, 2.24) is 5.32 Å². The van der Waals surface area contributed by atoms with Crippen molar-refractivity contribution in [2.24, 2.45) is 0 Å². The average molecular weight is 217 g/mol. The van der Waals surface area contributed by atoms with Gasteiger partial charge in [-0.2, -0.15) is 0 Å². The summed E-state index contributed by atoms with van der Waals surface area (Å²) >= 11 is 0. The van der Waals surface area contributed by atoms with Crippen LogP contribution in [-0.4, -0.2) is 18.4 Å². The molecule has 0 saturated heterocycles. The third kappa shape index (κ3) is 4.87. The van der Waals surface area contributed by atoms with Crippen molar-refractivity contribution in [3.05, 3.63) is 35.9 Å². The van der Waals surface area contributed by atoms with Gasteiger partial charge in [0.1, 0.15) is 0 Å². The van der Waals surface area contributed by atoms with Gasteiger partial charge < -0.3 is 15.2 Å². The van der Waals surface area contributed by atoms with Crippen LogP contribution in [-0.2, 0) is 4.79 Å². The molecule has 0 bridgehead atoms. The van der Waals surface area contributed by atoms with Crippen LogP contribution >= 0.6 is 0 Å². The van der Waals surface area contributed by atoms with Gasteiger partial charge in [0.15, 0.2) is 0 Å². The predicted molar refractivity (Wildman–Crippen MR) is 43.8 cm³/mol. The maximum atomic E-state index is 11.1. The number of benzene rings is 1. The summed E-state index contributed by atoms with van der Waals surface area (Å²) in [4.78, 5) is 21.2. The summed E-state index contributed by atoms with van der Waals surface area (Å²) in [7, 11) is 0. The van der Waals surface area contributed by atoms with E-state index >= 15 is 0 Å². The Morgan fingerprint density at radius 1 is 1.21 bits per heavy atom. The van der Waals surface area contributed by atoms with Crippen molar-refractivity contribution < 1.29 is 66.1 Å². The van der Waals surface area contributed by atoms with Gasteiger partial charge in [-0.3, -0.25) is 4.79 Å². The summed E-state index contributed by atoms with van der Waals surface area (Å²) in [5.74, 6) is -1.71. The number of carboxylic acid groups (broad SMARTS) is 1. The van der Waals surface area contributed by atoms with Gasteiger partial charge in [0.05, 0.1) is 12.5 Å². The first kappa shape index (κ1) is 13.8. The van der Waals surface area contributed by atoms with Crippen LogP contribution in [0.1, 0.15) is 10.4 Å². The Kier molecular flexibility index (Phi) is 7.03. The largest absolute Gasteiger partial charge is 1.00 e. The summed E-state index contributed by atoms with van der Waals surface area (Å²) in [5, 5.41) is 12.2. The van der Waals surface area contributed by atoms with E-state index in [4.69, 9.17) is 0 Å². The van der Waals surface area contributed by atoms with Crippen LogP contribution in [0.5, 0.6) is 0 Å². The molecular formula is C9H8KNO3. The fraction of sp³-hybridized carbons (Fsp3) is 0.111. The summed E-state index contributed by atoms with van der Waals surface area (Å²) in [6.45, 7) is -0.465. The summed E-state index contributed by atoms with van der Waals surface area (Å²) in [6.07, 6.45) is 0. The standard InChI is InChI=1S/C9H9NO3.K/c11-8(12)6-10-9(13)7-4-2-1-3-5-7;/h1-5H,6H2,(H,10,13)(H,11,12);/q;+1/p-1. The molecule has 1 aromatic rings. The Morgan fingerprint density at radius 3 is 2.29 bits per heavy atom. The Labute approximate surface area is 124 Å². The fourth-order valence-corrected chi connectivity index (χ4v) is 0.844. The van der Waals surface area contributed by atoms with Gasteiger partial charge in [-0.25, -0.2) is 0 Å². The maximum Gasteiger partial charge on any atom is 1.00 e. The Hall–Kier alpha value is -0.204.